The van der Waals surface area contributed by atoms with Gasteiger partial charge in [0.1, 0.15) is 5.75 Å². The number of H-pyrrole nitrogens is 1. The molecule has 7 heteroatoms. The molecule has 2 N–H and O–H groups in total. The van der Waals surface area contributed by atoms with E-state index in [1.807, 2.05) is 0 Å². The highest BCUT2D eigenvalue weighted by molar-refractivity contribution is 5.98. The number of anilines is 1. The summed E-state index contributed by atoms with van der Waals surface area (Å²) >= 11 is 0. The number of aromatic nitrogens is 4. The number of hydrogen-bond donors (Lipinski definition) is 2. The number of tetrazole rings is 1. The zero-order chi connectivity index (χ0) is 12.1. The van der Waals surface area contributed by atoms with Crippen molar-refractivity contribution in [3.8, 4) is 11.8 Å². The number of benzene rings is 1. The summed E-state index contributed by atoms with van der Waals surface area (Å²) in [7, 11) is 0. The van der Waals surface area contributed by atoms with Gasteiger partial charge in [0.2, 0.25) is 5.91 Å². The Morgan fingerprint density at radius 1 is 1.41 bits per heavy atom. The van der Waals surface area contributed by atoms with Gasteiger partial charge in [0.25, 0.3) is 0 Å². The average Bonchev–Trinajstić information content (AvgIpc) is 2.84. The lowest BCUT2D eigenvalue weighted by Gasteiger charge is -2.03. The highest BCUT2D eigenvalue weighted by Gasteiger charge is 2.02. The molecule has 0 unspecified atom stereocenters. The number of carbonyl (C=O) groups is 1. The van der Waals surface area contributed by atoms with Crippen LogP contribution >= 0.6 is 0 Å². The molecule has 7 nitrogen and oxygen atoms in total. The summed E-state index contributed by atoms with van der Waals surface area (Å²) in [6.07, 6.45) is 1.20. The van der Waals surface area contributed by atoms with Gasteiger partial charge in [0.05, 0.1) is 0 Å². The summed E-state index contributed by atoms with van der Waals surface area (Å²) in [5.74, 6) is 0.278. The second-order valence-electron chi connectivity index (χ2n) is 3.01. The molecule has 0 bridgehead atoms. The lowest BCUT2D eigenvalue weighted by Crippen LogP contribution is -2.06. The van der Waals surface area contributed by atoms with E-state index >= 15 is 0 Å². The van der Waals surface area contributed by atoms with Crippen LogP contribution in [0.5, 0.6) is 11.8 Å². The minimum absolute atomic E-state index is 0.132. The normalized spacial score (nSPS) is 9.65. The van der Waals surface area contributed by atoms with Crippen molar-refractivity contribution in [2.45, 2.75) is 0 Å². The molecule has 2 aromatic rings. The molecule has 0 aliphatic heterocycles. The fourth-order valence-corrected chi connectivity index (χ4v) is 1.10. The number of ether oxygens (including phenoxy) is 1. The number of hydrogen-bond acceptors (Lipinski definition) is 5. The Balaban J connectivity index is 2.02. The predicted molar refractivity (Wildman–Crippen MR) is 59.5 cm³/mol. The van der Waals surface area contributed by atoms with Crippen LogP contribution in [0.1, 0.15) is 0 Å². The summed E-state index contributed by atoms with van der Waals surface area (Å²) in [6, 6.07) is 6.87. The molecule has 1 heterocycles. The van der Waals surface area contributed by atoms with Gasteiger partial charge >= 0.3 is 6.01 Å². The molecular formula is C10H9N5O2. The van der Waals surface area contributed by atoms with E-state index in [0.29, 0.717) is 11.4 Å². The summed E-state index contributed by atoms with van der Waals surface area (Å²) in [5, 5.41) is 15.5. The molecule has 0 fully saturated rings. The lowest BCUT2D eigenvalue weighted by atomic mass is 10.3. The van der Waals surface area contributed by atoms with Gasteiger partial charge in [-0.25, -0.2) is 0 Å². The van der Waals surface area contributed by atoms with Gasteiger partial charge in [-0.2, -0.15) is 5.21 Å². The third-order valence-corrected chi connectivity index (χ3v) is 1.84. The Hall–Kier alpha value is -2.70. The second kappa shape index (κ2) is 4.88. The fraction of sp³-hybridized carbons (Fsp3) is 0. The highest BCUT2D eigenvalue weighted by Crippen LogP contribution is 2.19. The molecule has 0 saturated heterocycles. The standard InChI is InChI=1S/C10H9N5O2/c1-2-9(16)11-7-3-5-8(6-4-7)17-10-12-14-15-13-10/h2-6H,1H2,(H,11,16)(H,12,13,14,15). The van der Waals surface area contributed by atoms with Crippen molar-refractivity contribution in [3.05, 3.63) is 36.9 Å². The minimum atomic E-state index is -0.267. The van der Waals surface area contributed by atoms with Crippen molar-refractivity contribution in [1.82, 2.24) is 20.6 Å². The zero-order valence-electron chi connectivity index (χ0n) is 8.75. The number of nitrogens with one attached hydrogen (secondary N) is 2. The van der Waals surface area contributed by atoms with Crippen LogP contribution in [0, 0.1) is 0 Å². The topological polar surface area (TPSA) is 92.8 Å². The van der Waals surface area contributed by atoms with E-state index < -0.39 is 0 Å². The van der Waals surface area contributed by atoms with Crippen molar-refractivity contribution < 1.29 is 9.53 Å². The zero-order valence-corrected chi connectivity index (χ0v) is 8.75. The molecule has 0 saturated carbocycles. The molecular weight excluding hydrogens is 222 g/mol. The quantitative estimate of drug-likeness (QED) is 0.769. The Morgan fingerprint density at radius 3 is 2.76 bits per heavy atom. The van der Waals surface area contributed by atoms with Crippen LogP contribution in [0.15, 0.2) is 36.9 Å². The maximum atomic E-state index is 11.0. The molecule has 86 valence electrons. The molecule has 0 aliphatic rings. The third-order valence-electron chi connectivity index (χ3n) is 1.84. The molecule has 0 aliphatic carbocycles. The first-order valence-corrected chi connectivity index (χ1v) is 4.73. The second-order valence-corrected chi connectivity index (χ2v) is 3.01. The Labute approximate surface area is 96.5 Å². The maximum Gasteiger partial charge on any atom is 0.361 e. The van der Waals surface area contributed by atoms with Crippen LogP contribution in [0.4, 0.5) is 5.69 Å². The summed E-state index contributed by atoms with van der Waals surface area (Å²) in [5.41, 5.74) is 0.648. The van der Waals surface area contributed by atoms with E-state index in [-0.39, 0.29) is 11.9 Å². The van der Waals surface area contributed by atoms with Crippen LogP contribution in [-0.2, 0) is 4.79 Å². The first-order valence-electron chi connectivity index (χ1n) is 4.73. The van der Waals surface area contributed by atoms with Crippen LogP contribution < -0.4 is 10.1 Å². The largest absolute Gasteiger partial charge is 0.422 e. The first kappa shape index (κ1) is 10.8. The molecule has 0 radical (unpaired) electrons. The number of carbonyl (C=O) groups excluding carboxylic acids is 1. The van der Waals surface area contributed by atoms with Crippen molar-refractivity contribution in [2.75, 3.05) is 5.32 Å². The number of amides is 1. The average molecular weight is 231 g/mol. The Bertz CT molecular complexity index is 506. The summed E-state index contributed by atoms with van der Waals surface area (Å²) in [4.78, 5) is 11.0. The van der Waals surface area contributed by atoms with Crippen molar-refractivity contribution >= 4 is 11.6 Å². The van der Waals surface area contributed by atoms with Crippen molar-refractivity contribution in [1.29, 1.82) is 0 Å². The van der Waals surface area contributed by atoms with E-state index in [0.717, 1.165) is 0 Å². The van der Waals surface area contributed by atoms with Gasteiger partial charge in [0.15, 0.2) is 0 Å². The number of rotatable bonds is 4. The molecule has 17 heavy (non-hydrogen) atoms. The third kappa shape index (κ3) is 2.88. The predicted octanol–water partition coefficient (Wildman–Crippen LogP) is 1.12. The van der Waals surface area contributed by atoms with Crippen molar-refractivity contribution in [3.63, 3.8) is 0 Å². The van der Waals surface area contributed by atoms with Crippen LogP contribution in [-0.4, -0.2) is 26.5 Å². The first-order chi connectivity index (χ1) is 8.28. The lowest BCUT2D eigenvalue weighted by molar-refractivity contribution is -0.111. The van der Waals surface area contributed by atoms with Crippen LogP contribution in [0.3, 0.4) is 0 Å². The summed E-state index contributed by atoms with van der Waals surface area (Å²) < 4.78 is 5.26. The van der Waals surface area contributed by atoms with Gasteiger partial charge in [-0.15, -0.1) is 0 Å². The van der Waals surface area contributed by atoms with E-state index in [2.05, 4.69) is 32.5 Å². The SMILES string of the molecule is C=CC(=O)Nc1ccc(Oc2nn[nH]n2)cc1. The molecule has 2 rings (SSSR count). The van der Waals surface area contributed by atoms with Gasteiger partial charge in [-0.3, -0.25) is 4.79 Å². The monoisotopic (exact) mass is 231 g/mol. The van der Waals surface area contributed by atoms with Gasteiger partial charge in [0, 0.05) is 5.69 Å². The molecule has 0 spiro atoms. The number of aromatic amines is 1. The van der Waals surface area contributed by atoms with Crippen LogP contribution in [0.25, 0.3) is 0 Å². The van der Waals surface area contributed by atoms with Gasteiger partial charge < -0.3 is 10.1 Å². The fourth-order valence-electron chi connectivity index (χ4n) is 1.10. The smallest absolute Gasteiger partial charge is 0.361 e. The molecule has 1 amide bonds. The number of nitrogens with zero attached hydrogens (tertiary/aromatic N) is 3. The van der Waals surface area contributed by atoms with E-state index in [1.54, 1.807) is 24.3 Å². The van der Waals surface area contributed by atoms with E-state index in [1.165, 1.54) is 6.08 Å². The molecule has 0 atom stereocenters. The van der Waals surface area contributed by atoms with Crippen molar-refractivity contribution in [2.24, 2.45) is 0 Å². The maximum absolute atomic E-state index is 11.0. The minimum Gasteiger partial charge on any atom is -0.422 e. The van der Waals surface area contributed by atoms with Gasteiger partial charge in [-0.1, -0.05) is 16.8 Å². The van der Waals surface area contributed by atoms with Gasteiger partial charge in [-0.05, 0) is 35.6 Å². The highest BCUT2D eigenvalue weighted by atomic mass is 16.5. The molecule has 1 aromatic heterocycles. The van der Waals surface area contributed by atoms with E-state index in [9.17, 15) is 4.79 Å². The Kier molecular flexibility index (Phi) is 3.10. The Morgan fingerprint density at radius 2 is 2.18 bits per heavy atom. The van der Waals surface area contributed by atoms with Crippen LogP contribution in [0.2, 0.25) is 0 Å². The summed E-state index contributed by atoms with van der Waals surface area (Å²) in [6.45, 7) is 3.36. The molecule has 1 aromatic carbocycles. The van der Waals surface area contributed by atoms with E-state index in [4.69, 9.17) is 4.74 Å².